The molecular formula is C14H12N4O. The molecule has 2 N–H and O–H groups in total. The number of benzene rings is 1. The van der Waals surface area contributed by atoms with Crippen molar-refractivity contribution < 1.29 is 4.79 Å². The zero-order chi connectivity index (χ0) is 13.4. The number of amides is 1. The van der Waals surface area contributed by atoms with Gasteiger partial charge in [-0.25, -0.2) is 9.50 Å². The number of rotatable bonds is 2. The van der Waals surface area contributed by atoms with Gasteiger partial charge in [-0.3, -0.25) is 4.79 Å². The van der Waals surface area contributed by atoms with Gasteiger partial charge in [0.05, 0.1) is 11.3 Å². The molecule has 1 aromatic carbocycles. The van der Waals surface area contributed by atoms with Gasteiger partial charge in [-0.15, -0.1) is 0 Å². The van der Waals surface area contributed by atoms with Crippen LogP contribution in [0.25, 0.3) is 16.9 Å². The molecule has 0 aliphatic rings. The van der Waals surface area contributed by atoms with Crippen LogP contribution in [-0.2, 0) is 0 Å². The van der Waals surface area contributed by atoms with E-state index in [0.717, 1.165) is 22.5 Å². The first-order chi connectivity index (χ1) is 9.16. The van der Waals surface area contributed by atoms with Gasteiger partial charge in [-0.1, -0.05) is 30.3 Å². The average molecular weight is 252 g/mol. The van der Waals surface area contributed by atoms with Crippen molar-refractivity contribution in [2.75, 3.05) is 0 Å². The summed E-state index contributed by atoms with van der Waals surface area (Å²) in [6, 6.07) is 9.85. The van der Waals surface area contributed by atoms with Crippen LogP contribution in [0.5, 0.6) is 0 Å². The Hall–Kier alpha value is -2.69. The van der Waals surface area contributed by atoms with Crippen LogP contribution >= 0.6 is 0 Å². The van der Waals surface area contributed by atoms with Crippen molar-refractivity contribution >= 4 is 11.6 Å². The Morgan fingerprint density at radius 2 is 2.00 bits per heavy atom. The first-order valence-corrected chi connectivity index (χ1v) is 5.87. The Morgan fingerprint density at radius 3 is 2.68 bits per heavy atom. The van der Waals surface area contributed by atoms with Gasteiger partial charge >= 0.3 is 0 Å². The summed E-state index contributed by atoms with van der Waals surface area (Å²) in [5.41, 5.74) is 9.16. The van der Waals surface area contributed by atoms with Crippen LogP contribution in [0, 0.1) is 6.92 Å². The molecule has 19 heavy (non-hydrogen) atoms. The predicted octanol–water partition coefficient (Wildman–Crippen LogP) is 1.80. The van der Waals surface area contributed by atoms with Gasteiger partial charge < -0.3 is 5.73 Å². The Morgan fingerprint density at radius 1 is 1.26 bits per heavy atom. The summed E-state index contributed by atoms with van der Waals surface area (Å²) in [6.07, 6.45) is 3.07. The standard InChI is InChI=1S/C14H12N4O/c1-9-12(10-5-3-2-4-6-10)17-18-8-11(13(15)19)7-16-14(9)18/h2-8H,1H3,(H2,15,19). The van der Waals surface area contributed by atoms with Crippen molar-refractivity contribution in [1.82, 2.24) is 14.6 Å². The number of hydrogen-bond donors (Lipinski definition) is 1. The molecule has 0 saturated heterocycles. The van der Waals surface area contributed by atoms with Crippen molar-refractivity contribution in [2.45, 2.75) is 6.92 Å². The second kappa shape index (κ2) is 4.20. The molecule has 0 unspecified atom stereocenters. The molecule has 0 spiro atoms. The van der Waals surface area contributed by atoms with Crippen LogP contribution in [0.15, 0.2) is 42.7 Å². The summed E-state index contributed by atoms with van der Waals surface area (Å²) in [5.74, 6) is -0.510. The van der Waals surface area contributed by atoms with Crippen molar-refractivity contribution in [3.05, 3.63) is 53.9 Å². The second-order valence-electron chi connectivity index (χ2n) is 4.31. The van der Waals surface area contributed by atoms with E-state index >= 15 is 0 Å². The van der Waals surface area contributed by atoms with Crippen molar-refractivity contribution in [2.24, 2.45) is 5.73 Å². The number of fused-ring (bicyclic) bond motifs is 1. The van der Waals surface area contributed by atoms with Crippen LogP contribution in [0.3, 0.4) is 0 Å². The minimum absolute atomic E-state index is 0.342. The molecule has 1 amide bonds. The summed E-state index contributed by atoms with van der Waals surface area (Å²) >= 11 is 0. The molecule has 0 bridgehead atoms. The van der Waals surface area contributed by atoms with Crippen molar-refractivity contribution in [1.29, 1.82) is 0 Å². The lowest BCUT2D eigenvalue weighted by atomic mass is 10.1. The number of carbonyl (C=O) groups is 1. The maximum Gasteiger partial charge on any atom is 0.251 e. The van der Waals surface area contributed by atoms with E-state index in [1.807, 2.05) is 37.3 Å². The normalized spacial score (nSPS) is 10.8. The summed E-state index contributed by atoms with van der Waals surface area (Å²) in [5, 5.41) is 4.47. The quantitative estimate of drug-likeness (QED) is 0.755. The second-order valence-corrected chi connectivity index (χ2v) is 4.31. The molecule has 0 saturated carbocycles. The monoisotopic (exact) mass is 252 g/mol. The van der Waals surface area contributed by atoms with Gasteiger partial charge in [0.1, 0.15) is 0 Å². The minimum atomic E-state index is -0.510. The summed E-state index contributed by atoms with van der Waals surface area (Å²) in [7, 11) is 0. The van der Waals surface area contributed by atoms with E-state index in [1.54, 1.807) is 10.7 Å². The fourth-order valence-electron chi connectivity index (χ4n) is 2.05. The lowest BCUT2D eigenvalue weighted by Gasteiger charge is -1.96. The zero-order valence-corrected chi connectivity index (χ0v) is 10.4. The van der Waals surface area contributed by atoms with Crippen LogP contribution in [0.1, 0.15) is 15.9 Å². The summed E-state index contributed by atoms with van der Waals surface area (Å²) in [4.78, 5) is 15.4. The van der Waals surface area contributed by atoms with E-state index in [-0.39, 0.29) is 0 Å². The minimum Gasteiger partial charge on any atom is -0.366 e. The van der Waals surface area contributed by atoms with Crippen LogP contribution < -0.4 is 5.73 Å². The molecule has 5 heteroatoms. The fraction of sp³-hybridized carbons (Fsp3) is 0.0714. The van der Waals surface area contributed by atoms with Crippen LogP contribution in [-0.4, -0.2) is 20.5 Å². The highest BCUT2D eigenvalue weighted by molar-refractivity contribution is 5.92. The number of aromatic nitrogens is 3. The van der Waals surface area contributed by atoms with E-state index in [9.17, 15) is 4.79 Å². The molecule has 5 nitrogen and oxygen atoms in total. The number of nitrogens with zero attached hydrogens (tertiary/aromatic N) is 3. The van der Waals surface area contributed by atoms with Crippen LogP contribution in [0.2, 0.25) is 0 Å². The summed E-state index contributed by atoms with van der Waals surface area (Å²) in [6.45, 7) is 1.96. The highest BCUT2D eigenvalue weighted by Crippen LogP contribution is 2.24. The Bertz CT molecular complexity index is 762. The molecule has 2 aromatic heterocycles. The van der Waals surface area contributed by atoms with Crippen molar-refractivity contribution in [3.8, 4) is 11.3 Å². The Kier molecular flexibility index (Phi) is 2.52. The number of primary amides is 1. The molecule has 0 radical (unpaired) electrons. The topological polar surface area (TPSA) is 73.3 Å². The van der Waals surface area contributed by atoms with E-state index in [1.165, 1.54) is 6.20 Å². The molecule has 94 valence electrons. The number of nitrogens with two attached hydrogens (primary N) is 1. The lowest BCUT2D eigenvalue weighted by Crippen LogP contribution is -2.12. The number of carbonyl (C=O) groups excluding carboxylic acids is 1. The predicted molar refractivity (Wildman–Crippen MR) is 71.7 cm³/mol. The van der Waals surface area contributed by atoms with Crippen molar-refractivity contribution in [3.63, 3.8) is 0 Å². The first kappa shape index (κ1) is 11.4. The highest BCUT2D eigenvalue weighted by atomic mass is 16.1. The van der Waals surface area contributed by atoms with E-state index < -0.39 is 5.91 Å². The number of aryl methyl sites for hydroxylation is 1. The average Bonchev–Trinajstić information content (AvgIpc) is 2.76. The molecular weight excluding hydrogens is 240 g/mol. The van der Waals surface area contributed by atoms with Gasteiger partial charge in [0, 0.05) is 23.5 Å². The summed E-state index contributed by atoms with van der Waals surface area (Å²) < 4.78 is 1.60. The van der Waals surface area contributed by atoms with Gasteiger partial charge in [0.15, 0.2) is 5.65 Å². The molecule has 3 aromatic rings. The Labute approximate surface area is 109 Å². The first-order valence-electron chi connectivity index (χ1n) is 5.87. The number of hydrogen-bond acceptors (Lipinski definition) is 3. The van der Waals surface area contributed by atoms with Crippen LogP contribution in [0.4, 0.5) is 0 Å². The van der Waals surface area contributed by atoms with Gasteiger partial charge in [-0.05, 0) is 6.92 Å². The molecule has 3 rings (SSSR count). The molecule has 0 aliphatic heterocycles. The third-order valence-electron chi connectivity index (χ3n) is 3.03. The third kappa shape index (κ3) is 1.85. The maximum absolute atomic E-state index is 11.1. The van der Waals surface area contributed by atoms with E-state index in [0.29, 0.717) is 5.56 Å². The van der Waals surface area contributed by atoms with Gasteiger partial charge in [0.2, 0.25) is 0 Å². The van der Waals surface area contributed by atoms with Gasteiger partial charge in [-0.2, -0.15) is 5.10 Å². The smallest absolute Gasteiger partial charge is 0.251 e. The molecule has 0 aliphatic carbocycles. The maximum atomic E-state index is 11.1. The molecule has 0 fully saturated rings. The van der Waals surface area contributed by atoms with Gasteiger partial charge in [0.25, 0.3) is 5.91 Å². The van der Waals surface area contributed by atoms with E-state index in [4.69, 9.17) is 5.73 Å². The molecule has 2 heterocycles. The third-order valence-corrected chi connectivity index (χ3v) is 3.03. The largest absolute Gasteiger partial charge is 0.366 e. The Balaban J connectivity index is 2.23. The SMILES string of the molecule is Cc1c(-c2ccccc2)nn2cc(C(N)=O)cnc12. The lowest BCUT2D eigenvalue weighted by molar-refractivity contribution is 0.0999. The molecule has 0 atom stereocenters. The fourth-order valence-corrected chi connectivity index (χ4v) is 2.05. The highest BCUT2D eigenvalue weighted by Gasteiger charge is 2.12. The zero-order valence-electron chi connectivity index (χ0n) is 10.4. The van der Waals surface area contributed by atoms with E-state index in [2.05, 4.69) is 10.1 Å².